The Morgan fingerprint density at radius 2 is 1.67 bits per heavy atom. The Morgan fingerprint density at radius 3 is 2.29 bits per heavy atom. The number of rotatable bonds is 1. The lowest BCUT2D eigenvalue weighted by molar-refractivity contribution is 0.590. The second kappa shape index (κ2) is 5.04. The van der Waals surface area contributed by atoms with E-state index in [9.17, 15) is 0 Å². The molecule has 3 aromatic rings. The van der Waals surface area contributed by atoms with Crippen LogP contribution < -0.4 is 0 Å². The SMILES string of the molecule is CC(C)(C)c1ccc(-c2cn3cc(Cl)cc(Cl)c3n2)cc1. The molecule has 0 fully saturated rings. The first-order valence-electron chi connectivity index (χ1n) is 6.79. The van der Waals surface area contributed by atoms with E-state index in [1.807, 2.05) is 16.8 Å². The van der Waals surface area contributed by atoms with Gasteiger partial charge in [-0.05, 0) is 17.0 Å². The third kappa shape index (κ3) is 2.78. The van der Waals surface area contributed by atoms with Crippen LogP contribution >= 0.6 is 23.2 Å². The summed E-state index contributed by atoms with van der Waals surface area (Å²) < 4.78 is 1.86. The van der Waals surface area contributed by atoms with E-state index in [1.165, 1.54) is 5.56 Å². The van der Waals surface area contributed by atoms with E-state index in [1.54, 1.807) is 6.07 Å². The highest BCUT2D eigenvalue weighted by Crippen LogP contribution is 2.28. The molecule has 0 N–H and O–H groups in total. The van der Waals surface area contributed by atoms with Gasteiger partial charge in [0.2, 0.25) is 0 Å². The lowest BCUT2D eigenvalue weighted by atomic mass is 9.86. The predicted octanol–water partition coefficient (Wildman–Crippen LogP) is 5.61. The maximum absolute atomic E-state index is 6.18. The molecule has 3 rings (SSSR count). The zero-order chi connectivity index (χ0) is 15.2. The number of imidazole rings is 1. The van der Waals surface area contributed by atoms with E-state index in [4.69, 9.17) is 23.2 Å². The number of nitrogens with zero attached hydrogens (tertiary/aromatic N) is 2. The maximum atomic E-state index is 6.18. The molecule has 4 heteroatoms. The number of benzene rings is 1. The molecule has 0 saturated heterocycles. The van der Waals surface area contributed by atoms with Crippen molar-refractivity contribution < 1.29 is 0 Å². The van der Waals surface area contributed by atoms with Crippen molar-refractivity contribution >= 4 is 28.8 Å². The summed E-state index contributed by atoms with van der Waals surface area (Å²) in [6.07, 6.45) is 3.75. The fraction of sp³-hybridized carbons (Fsp3) is 0.235. The third-order valence-electron chi connectivity index (χ3n) is 3.52. The van der Waals surface area contributed by atoms with Gasteiger partial charge in [0.05, 0.1) is 15.7 Å². The number of hydrogen-bond acceptors (Lipinski definition) is 1. The number of halogens is 2. The standard InChI is InChI=1S/C17H16Cl2N2/c1-17(2,3)12-6-4-11(5-7-12)15-10-21-9-13(18)8-14(19)16(21)20-15/h4-10H,1-3H3. The van der Waals surface area contributed by atoms with Crippen LogP contribution in [0.15, 0.2) is 42.7 Å². The topological polar surface area (TPSA) is 17.3 Å². The Morgan fingerprint density at radius 1 is 1.00 bits per heavy atom. The molecule has 0 aliphatic carbocycles. The van der Waals surface area contributed by atoms with E-state index in [0.717, 1.165) is 16.9 Å². The second-order valence-corrected chi connectivity index (χ2v) is 7.03. The van der Waals surface area contributed by atoms with Crippen molar-refractivity contribution in [2.45, 2.75) is 26.2 Å². The number of hydrogen-bond donors (Lipinski definition) is 0. The lowest BCUT2D eigenvalue weighted by Gasteiger charge is -2.18. The minimum atomic E-state index is 0.147. The lowest BCUT2D eigenvalue weighted by Crippen LogP contribution is -2.10. The van der Waals surface area contributed by atoms with Gasteiger partial charge in [-0.1, -0.05) is 68.2 Å². The first-order valence-corrected chi connectivity index (χ1v) is 7.55. The predicted molar refractivity (Wildman–Crippen MR) is 89.3 cm³/mol. The average Bonchev–Trinajstić information content (AvgIpc) is 2.82. The van der Waals surface area contributed by atoms with E-state index in [0.29, 0.717) is 10.0 Å². The summed E-state index contributed by atoms with van der Waals surface area (Å²) in [6.45, 7) is 6.61. The molecule has 0 aliphatic heterocycles. The minimum Gasteiger partial charge on any atom is -0.304 e. The molecule has 0 saturated carbocycles. The zero-order valence-corrected chi connectivity index (χ0v) is 13.7. The fourth-order valence-corrected chi connectivity index (χ4v) is 2.83. The Balaban J connectivity index is 2.06. The molecular formula is C17H16Cl2N2. The molecule has 0 amide bonds. The molecule has 0 bridgehead atoms. The van der Waals surface area contributed by atoms with E-state index < -0.39 is 0 Å². The number of pyridine rings is 1. The third-order valence-corrected chi connectivity index (χ3v) is 4.00. The van der Waals surface area contributed by atoms with Crippen LogP contribution in [-0.2, 0) is 5.41 Å². The van der Waals surface area contributed by atoms with Crippen molar-refractivity contribution in [3.05, 3.63) is 58.3 Å². The largest absolute Gasteiger partial charge is 0.304 e. The number of fused-ring (bicyclic) bond motifs is 1. The van der Waals surface area contributed by atoms with Gasteiger partial charge in [-0.15, -0.1) is 0 Å². The fourth-order valence-electron chi connectivity index (χ4n) is 2.30. The quantitative estimate of drug-likeness (QED) is 0.570. The van der Waals surface area contributed by atoms with E-state index in [-0.39, 0.29) is 5.41 Å². The molecule has 2 heterocycles. The Bertz CT molecular complexity index is 796. The molecule has 21 heavy (non-hydrogen) atoms. The minimum absolute atomic E-state index is 0.147. The molecule has 0 atom stereocenters. The summed E-state index contributed by atoms with van der Waals surface area (Å²) >= 11 is 12.2. The van der Waals surface area contributed by atoms with Gasteiger partial charge < -0.3 is 4.40 Å². The Kier molecular flexibility index (Phi) is 3.46. The molecule has 1 aromatic carbocycles. The summed E-state index contributed by atoms with van der Waals surface area (Å²) in [4.78, 5) is 4.59. The van der Waals surface area contributed by atoms with Gasteiger partial charge in [0.1, 0.15) is 0 Å². The highest BCUT2D eigenvalue weighted by molar-refractivity contribution is 6.36. The van der Waals surface area contributed by atoms with Crippen LogP contribution in [0, 0.1) is 0 Å². The van der Waals surface area contributed by atoms with Crippen LogP contribution in [0.4, 0.5) is 0 Å². The van der Waals surface area contributed by atoms with Gasteiger partial charge in [0.25, 0.3) is 0 Å². The monoisotopic (exact) mass is 318 g/mol. The van der Waals surface area contributed by atoms with Gasteiger partial charge in [-0.2, -0.15) is 0 Å². The van der Waals surface area contributed by atoms with Gasteiger partial charge >= 0.3 is 0 Å². The molecular weight excluding hydrogens is 303 g/mol. The summed E-state index contributed by atoms with van der Waals surface area (Å²) in [5.41, 5.74) is 4.12. The normalized spacial score (nSPS) is 12.0. The smallest absolute Gasteiger partial charge is 0.156 e. The average molecular weight is 319 g/mol. The van der Waals surface area contributed by atoms with E-state index >= 15 is 0 Å². The summed E-state index contributed by atoms with van der Waals surface area (Å²) in [5.74, 6) is 0. The van der Waals surface area contributed by atoms with Crippen LogP contribution in [0.2, 0.25) is 10.0 Å². The Labute approximate surface area is 134 Å². The molecule has 0 unspecified atom stereocenters. The molecule has 108 valence electrons. The first kappa shape index (κ1) is 14.4. The van der Waals surface area contributed by atoms with Gasteiger partial charge in [-0.3, -0.25) is 0 Å². The van der Waals surface area contributed by atoms with Crippen molar-refractivity contribution in [1.29, 1.82) is 0 Å². The molecule has 0 aliphatic rings. The highest BCUT2D eigenvalue weighted by Gasteiger charge is 2.14. The van der Waals surface area contributed by atoms with Crippen LogP contribution in [-0.4, -0.2) is 9.38 Å². The van der Waals surface area contributed by atoms with Crippen molar-refractivity contribution in [2.24, 2.45) is 0 Å². The summed E-state index contributed by atoms with van der Waals surface area (Å²) in [7, 11) is 0. The molecule has 0 spiro atoms. The van der Waals surface area contributed by atoms with E-state index in [2.05, 4.69) is 50.0 Å². The van der Waals surface area contributed by atoms with Crippen molar-refractivity contribution in [3.8, 4) is 11.3 Å². The molecule has 0 radical (unpaired) electrons. The van der Waals surface area contributed by atoms with Gasteiger partial charge in [0.15, 0.2) is 5.65 Å². The van der Waals surface area contributed by atoms with Crippen LogP contribution in [0.5, 0.6) is 0 Å². The van der Waals surface area contributed by atoms with Gasteiger partial charge in [0, 0.05) is 18.0 Å². The molecule has 2 nitrogen and oxygen atoms in total. The van der Waals surface area contributed by atoms with Gasteiger partial charge in [-0.25, -0.2) is 4.98 Å². The van der Waals surface area contributed by atoms with Crippen molar-refractivity contribution in [2.75, 3.05) is 0 Å². The van der Waals surface area contributed by atoms with Crippen LogP contribution in [0.1, 0.15) is 26.3 Å². The zero-order valence-electron chi connectivity index (χ0n) is 12.2. The first-order chi connectivity index (χ1) is 9.84. The molecule has 2 aromatic heterocycles. The second-order valence-electron chi connectivity index (χ2n) is 6.19. The van der Waals surface area contributed by atoms with Crippen molar-refractivity contribution in [3.63, 3.8) is 0 Å². The highest BCUT2D eigenvalue weighted by atomic mass is 35.5. The van der Waals surface area contributed by atoms with Crippen LogP contribution in [0.3, 0.4) is 0 Å². The maximum Gasteiger partial charge on any atom is 0.156 e. The Hall–Kier alpha value is -1.51. The van der Waals surface area contributed by atoms with Crippen LogP contribution in [0.25, 0.3) is 16.9 Å². The van der Waals surface area contributed by atoms with Crippen molar-refractivity contribution in [1.82, 2.24) is 9.38 Å². The summed E-state index contributed by atoms with van der Waals surface area (Å²) in [5, 5.41) is 1.15. The number of aromatic nitrogens is 2. The summed E-state index contributed by atoms with van der Waals surface area (Å²) in [6, 6.07) is 10.2.